The van der Waals surface area contributed by atoms with E-state index in [1.165, 1.54) is 24.3 Å². The minimum Gasteiger partial charge on any atom is -0.322 e. The molecule has 0 aromatic heterocycles. The Kier molecular flexibility index (Phi) is 4.66. The summed E-state index contributed by atoms with van der Waals surface area (Å²) < 4.78 is 25.9. The van der Waals surface area contributed by atoms with Gasteiger partial charge in [0.1, 0.15) is 0 Å². The Morgan fingerprint density at radius 2 is 1.72 bits per heavy atom. The van der Waals surface area contributed by atoms with E-state index < -0.39 is 21.8 Å². The lowest BCUT2D eigenvalue weighted by Gasteiger charge is -2.15. The van der Waals surface area contributed by atoms with Gasteiger partial charge in [-0.05, 0) is 48.5 Å². The normalized spacial score (nSPS) is 19.0. The van der Waals surface area contributed by atoms with Gasteiger partial charge in [0.05, 0.1) is 17.4 Å². The molecule has 1 aliphatic rings. The number of nitrogens with one attached hydrogen (secondary N) is 1. The molecule has 0 saturated carbocycles. The second-order valence-electron chi connectivity index (χ2n) is 5.79. The highest BCUT2D eigenvalue weighted by Gasteiger charge is 2.41. The Balaban J connectivity index is 1.79. The van der Waals surface area contributed by atoms with Gasteiger partial charge in [-0.25, -0.2) is 12.7 Å². The van der Waals surface area contributed by atoms with Crippen LogP contribution in [0.1, 0.15) is 17.3 Å². The fourth-order valence-electron chi connectivity index (χ4n) is 2.57. The molecule has 0 radical (unpaired) electrons. The van der Waals surface area contributed by atoms with Crippen molar-refractivity contribution in [3.63, 3.8) is 0 Å². The first-order valence-electron chi connectivity index (χ1n) is 7.52. The topological polar surface area (TPSA) is 83.6 Å². The zero-order chi connectivity index (χ0) is 18.2. The van der Waals surface area contributed by atoms with Crippen molar-refractivity contribution in [3.8, 4) is 0 Å². The van der Waals surface area contributed by atoms with Crippen LogP contribution in [-0.4, -0.2) is 26.0 Å². The molecule has 130 valence electrons. The summed E-state index contributed by atoms with van der Waals surface area (Å²) in [4.78, 5) is 24.3. The number of hydrogen-bond donors (Lipinski definition) is 1. The van der Waals surface area contributed by atoms with E-state index in [9.17, 15) is 18.0 Å². The third-order valence-corrected chi connectivity index (χ3v) is 6.22. The van der Waals surface area contributed by atoms with Crippen LogP contribution in [0.2, 0.25) is 0 Å². The highest BCUT2D eigenvalue weighted by molar-refractivity contribution is 9.10. The maximum atomic E-state index is 12.3. The Bertz CT molecular complexity index is 924. The van der Waals surface area contributed by atoms with Crippen molar-refractivity contribution in [2.24, 2.45) is 5.92 Å². The monoisotopic (exact) mass is 422 g/mol. The summed E-state index contributed by atoms with van der Waals surface area (Å²) in [5.74, 6) is -1.53. The number of hydrogen-bond acceptors (Lipinski definition) is 4. The predicted molar refractivity (Wildman–Crippen MR) is 99.0 cm³/mol. The van der Waals surface area contributed by atoms with Crippen molar-refractivity contribution in [1.82, 2.24) is 0 Å². The van der Waals surface area contributed by atoms with Gasteiger partial charge in [0, 0.05) is 15.7 Å². The van der Waals surface area contributed by atoms with E-state index in [1.807, 2.05) is 12.1 Å². The van der Waals surface area contributed by atoms with Crippen molar-refractivity contribution in [2.45, 2.75) is 6.92 Å². The molecule has 1 heterocycles. The number of nitrogens with zero attached hydrogens (tertiary/aromatic N) is 1. The van der Waals surface area contributed by atoms with Crippen LogP contribution in [0.4, 0.5) is 11.4 Å². The highest BCUT2D eigenvalue weighted by Crippen LogP contribution is 2.28. The van der Waals surface area contributed by atoms with E-state index in [4.69, 9.17) is 0 Å². The number of halogens is 1. The Labute approximate surface area is 154 Å². The van der Waals surface area contributed by atoms with Gasteiger partial charge in [-0.15, -0.1) is 0 Å². The zero-order valence-corrected chi connectivity index (χ0v) is 15.7. The van der Waals surface area contributed by atoms with Crippen LogP contribution in [0.3, 0.4) is 0 Å². The standard InChI is InChI=1S/C17H15BrN2O4S/c1-11-10-25(23,24)20(17(11)22)15-8-2-12(3-9-15)16(21)19-14-6-4-13(18)5-7-14/h2-9,11H,10H2,1H3,(H,19,21)/t11-/m1/s1. The summed E-state index contributed by atoms with van der Waals surface area (Å²) in [5, 5.41) is 2.75. The van der Waals surface area contributed by atoms with Crippen LogP contribution in [0.25, 0.3) is 0 Å². The molecule has 2 aromatic carbocycles. The summed E-state index contributed by atoms with van der Waals surface area (Å²) in [7, 11) is -3.65. The average Bonchev–Trinajstić information content (AvgIpc) is 2.77. The number of benzene rings is 2. The third-order valence-electron chi connectivity index (χ3n) is 3.83. The number of carbonyl (C=O) groups is 2. The van der Waals surface area contributed by atoms with Gasteiger partial charge >= 0.3 is 0 Å². The van der Waals surface area contributed by atoms with Crippen LogP contribution in [0.15, 0.2) is 53.0 Å². The molecule has 0 unspecified atom stereocenters. The van der Waals surface area contributed by atoms with Gasteiger partial charge < -0.3 is 5.32 Å². The number of amides is 2. The van der Waals surface area contributed by atoms with Crippen LogP contribution in [0, 0.1) is 5.92 Å². The van der Waals surface area contributed by atoms with E-state index >= 15 is 0 Å². The fourth-order valence-corrected chi connectivity index (χ4v) is 4.66. The maximum absolute atomic E-state index is 12.3. The van der Waals surface area contributed by atoms with E-state index in [0.717, 1.165) is 8.78 Å². The number of carbonyl (C=O) groups excluding carboxylic acids is 2. The molecule has 1 fully saturated rings. The highest BCUT2D eigenvalue weighted by atomic mass is 79.9. The van der Waals surface area contributed by atoms with E-state index in [2.05, 4.69) is 21.2 Å². The average molecular weight is 423 g/mol. The molecule has 1 aliphatic heterocycles. The number of sulfonamides is 1. The molecule has 3 rings (SSSR count). The van der Waals surface area contributed by atoms with Gasteiger partial charge in [0.2, 0.25) is 15.9 Å². The number of anilines is 2. The maximum Gasteiger partial charge on any atom is 0.255 e. The second-order valence-corrected chi connectivity index (χ2v) is 8.57. The molecule has 0 spiro atoms. The SMILES string of the molecule is C[C@@H]1CS(=O)(=O)N(c2ccc(C(=O)Nc3ccc(Br)cc3)cc2)C1=O. The van der Waals surface area contributed by atoms with Crippen molar-refractivity contribution < 1.29 is 18.0 Å². The molecule has 1 saturated heterocycles. The molecule has 2 aromatic rings. The lowest BCUT2D eigenvalue weighted by molar-refractivity contribution is -0.119. The summed E-state index contributed by atoms with van der Waals surface area (Å²) in [6.45, 7) is 1.58. The lowest BCUT2D eigenvalue weighted by atomic mass is 10.1. The molecule has 2 amide bonds. The van der Waals surface area contributed by atoms with Crippen LogP contribution < -0.4 is 9.62 Å². The quantitative estimate of drug-likeness (QED) is 0.823. The first kappa shape index (κ1) is 17.6. The van der Waals surface area contributed by atoms with E-state index in [0.29, 0.717) is 11.3 Å². The Morgan fingerprint density at radius 3 is 2.24 bits per heavy atom. The minimum atomic E-state index is -3.65. The zero-order valence-electron chi connectivity index (χ0n) is 13.3. The molecule has 25 heavy (non-hydrogen) atoms. The van der Waals surface area contributed by atoms with Crippen molar-refractivity contribution in [2.75, 3.05) is 15.4 Å². The summed E-state index contributed by atoms with van der Waals surface area (Å²) in [6.07, 6.45) is 0. The van der Waals surface area contributed by atoms with Crippen LogP contribution in [0.5, 0.6) is 0 Å². The number of rotatable bonds is 3. The first-order chi connectivity index (χ1) is 11.8. The Morgan fingerprint density at radius 1 is 1.12 bits per heavy atom. The molecule has 6 nitrogen and oxygen atoms in total. The van der Waals surface area contributed by atoms with Gasteiger partial charge in [0.25, 0.3) is 5.91 Å². The van der Waals surface area contributed by atoms with Gasteiger partial charge in [0.15, 0.2) is 0 Å². The van der Waals surface area contributed by atoms with Crippen molar-refractivity contribution in [3.05, 3.63) is 58.6 Å². The first-order valence-corrected chi connectivity index (χ1v) is 9.92. The van der Waals surface area contributed by atoms with Gasteiger partial charge in [-0.1, -0.05) is 22.9 Å². The van der Waals surface area contributed by atoms with Crippen molar-refractivity contribution >= 4 is 49.1 Å². The minimum absolute atomic E-state index is 0.197. The molecule has 1 N–H and O–H groups in total. The molecular weight excluding hydrogens is 408 g/mol. The van der Waals surface area contributed by atoms with Crippen molar-refractivity contribution in [1.29, 1.82) is 0 Å². The van der Waals surface area contributed by atoms with Gasteiger partial charge in [-0.2, -0.15) is 0 Å². The Hall–Kier alpha value is -2.19. The van der Waals surface area contributed by atoms with Crippen LogP contribution in [-0.2, 0) is 14.8 Å². The molecule has 8 heteroatoms. The molecular formula is C17H15BrN2O4S. The third kappa shape index (κ3) is 3.59. The van der Waals surface area contributed by atoms with Crippen LogP contribution >= 0.6 is 15.9 Å². The summed E-state index contributed by atoms with van der Waals surface area (Å²) in [5.41, 5.74) is 1.25. The van der Waals surface area contributed by atoms with Gasteiger partial charge in [-0.3, -0.25) is 9.59 Å². The molecule has 0 bridgehead atoms. The predicted octanol–water partition coefficient (Wildman–Crippen LogP) is 3.01. The van der Waals surface area contributed by atoms with E-state index in [1.54, 1.807) is 19.1 Å². The fraction of sp³-hybridized carbons (Fsp3) is 0.176. The second kappa shape index (κ2) is 6.61. The summed E-state index contributed by atoms with van der Waals surface area (Å²) >= 11 is 3.32. The molecule has 1 atom stereocenters. The van der Waals surface area contributed by atoms with E-state index in [-0.39, 0.29) is 17.3 Å². The molecule has 0 aliphatic carbocycles. The lowest BCUT2D eigenvalue weighted by Crippen LogP contribution is -2.30. The largest absolute Gasteiger partial charge is 0.322 e. The summed E-state index contributed by atoms with van der Waals surface area (Å²) in [6, 6.07) is 13.0. The smallest absolute Gasteiger partial charge is 0.255 e.